The van der Waals surface area contributed by atoms with Crippen LogP contribution in [0.3, 0.4) is 0 Å². The molecule has 5 N–H and O–H groups in total. The maximum absolute atomic E-state index is 15.2. The fourth-order valence-electron chi connectivity index (χ4n) is 2.38. The highest BCUT2D eigenvalue weighted by molar-refractivity contribution is 7.46. The first-order valence-corrected chi connectivity index (χ1v) is 8.32. The van der Waals surface area contributed by atoms with Crippen LogP contribution in [0.2, 0.25) is 0 Å². The Morgan fingerprint density at radius 2 is 1.93 bits per heavy atom. The molecule has 0 saturated carbocycles. The molecule has 4 atom stereocenters. The van der Waals surface area contributed by atoms with Gasteiger partial charge in [-0.1, -0.05) is 0 Å². The summed E-state index contributed by atoms with van der Waals surface area (Å²) in [7, 11) is 10.4. The first-order chi connectivity index (χ1) is 12.1. The molecule has 6 radical (unpaired) electrons. The molecule has 2 rings (SSSR count). The number of aldehydes is 1. The van der Waals surface area contributed by atoms with E-state index in [1.54, 1.807) is 4.98 Å². The molecule has 1 aromatic rings. The normalized spacial score (nSPS) is 31.7. The van der Waals surface area contributed by atoms with Gasteiger partial charge in [-0.25, -0.2) is 13.8 Å². The number of phosphoric acid groups is 1. The van der Waals surface area contributed by atoms with Crippen molar-refractivity contribution in [2.24, 2.45) is 0 Å². The summed E-state index contributed by atoms with van der Waals surface area (Å²) < 4.78 is 34.7. The second kappa shape index (κ2) is 6.52. The third-order valence-corrected chi connectivity index (χ3v) is 4.23. The fraction of sp³-hybridized carbons (Fsp3) is 0.500. The maximum atomic E-state index is 15.2. The second-order valence-electron chi connectivity index (χ2n) is 5.60. The number of alkyl halides is 1. The van der Waals surface area contributed by atoms with Crippen LogP contribution in [0.25, 0.3) is 0 Å². The summed E-state index contributed by atoms with van der Waals surface area (Å²) in [6.07, 6.45) is -4.87. The minimum absolute atomic E-state index is 0.00829. The molecule has 1 aliphatic rings. The zero-order chi connectivity index (χ0) is 21.0. The molecule has 2 heterocycles. The lowest BCUT2D eigenvalue weighted by Gasteiger charge is -2.40. The number of carbonyl (C=O) groups is 1. The van der Waals surface area contributed by atoms with Gasteiger partial charge in [0.2, 0.25) is 0 Å². The molecule has 0 aromatic carbocycles. The summed E-state index contributed by atoms with van der Waals surface area (Å²) in [5.74, 6) is -3.97. The van der Waals surface area contributed by atoms with Gasteiger partial charge in [0.25, 0.3) is 11.4 Å². The van der Waals surface area contributed by atoms with Crippen molar-refractivity contribution in [1.29, 1.82) is 0 Å². The van der Waals surface area contributed by atoms with Gasteiger partial charge in [-0.05, 0) is 0 Å². The van der Waals surface area contributed by atoms with Gasteiger partial charge >= 0.3 is 13.5 Å². The maximum Gasteiger partial charge on any atom is 0.468 e. The summed E-state index contributed by atoms with van der Waals surface area (Å²) in [6.45, 7) is 0. The van der Waals surface area contributed by atoms with Crippen LogP contribution in [-0.2, 0) is 19.4 Å². The molecule has 12 nitrogen and oxygen atoms in total. The lowest BCUT2D eigenvalue weighted by molar-refractivity contribution is -0.240. The topological polar surface area (TPSA) is 188 Å². The van der Waals surface area contributed by atoms with Crippen molar-refractivity contribution in [1.82, 2.24) is 9.55 Å². The number of halogens is 1. The average molecular weight is 400 g/mol. The van der Waals surface area contributed by atoms with Gasteiger partial charge < -0.3 is 24.7 Å². The van der Waals surface area contributed by atoms with Crippen molar-refractivity contribution in [3.8, 4) is 0 Å². The van der Waals surface area contributed by atoms with E-state index in [2.05, 4.69) is 9.26 Å². The van der Waals surface area contributed by atoms with Crippen LogP contribution in [0.15, 0.2) is 15.8 Å². The van der Waals surface area contributed by atoms with E-state index in [1.165, 1.54) is 0 Å². The number of hydrogen-bond acceptors (Lipinski definition) is 8. The van der Waals surface area contributed by atoms with Crippen LogP contribution in [0, 0.1) is 0 Å². The number of aliphatic hydroxyl groups excluding tert-OH is 2. The van der Waals surface area contributed by atoms with E-state index in [-0.39, 0.29) is 10.9 Å². The molecule has 1 saturated heterocycles. The number of nitrogens with zero attached hydrogens (tertiary/aromatic N) is 1. The molecule has 1 aromatic heterocycles. The predicted molar refractivity (Wildman–Crippen MR) is 84.7 cm³/mol. The Hall–Kier alpha value is -1.54. The van der Waals surface area contributed by atoms with E-state index in [9.17, 15) is 29.2 Å². The Balaban J connectivity index is 2.62. The lowest BCUT2D eigenvalue weighted by atomic mass is 9.59. The summed E-state index contributed by atoms with van der Waals surface area (Å²) in [5.41, 5.74) is -6.28. The molecule has 27 heavy (non-hydrogen) atoms. The van der Waals surface area contributed by atoms with Crippen LogP contribution in [0.5, 0.6) is 0 Å². The van der Waals surface area contributed by atoms with Gasteiger partial charge in [-0.15, -0.1) is 0 Å². The van der Waals surface area contributed by atoms with E-state index in [0.29, 0.717) is 6.20 Å². The predicted octanol–water partition coefficient (Wildman–Crippen LogP) is -4.35. The minimum atomic E-state index is -5.54. The first kappa shape index (κ1) is 21.8. The highest BCUT2D eigenvalue weighted by Gasteiger charge is 2.68. The fourth-order valence-corrected chi connectivity index (χ4v) is 2.90. The van der Waals surface area contributed by atoms with Gasteiger partial charge in [0.15, 0.2) is 6.29 Å². The highest BCUT2D eigenvalue weighted by Crippen LogP contribution is 2.50. The number of carbonyl (C=O) groups excluding carboxylic acids is 1. The molecule has 140 valence electrons. The van der Waals surface area contributed by atoms with Crippen molar-refractivity contribution in [2.45, 2.75) is 29.1 Å². The summed E-state index contributed by atoms with van der Waals surface area (Å²) in [6, 6.07) is 0. The molecule has 1 aliphatic heterocycles. The monoisotopic (exact) mass is 400 g/mol. The quantitative estimate of drug-likeness (QED) is 0.184. The van der Waals surface area contributed by atoms with Gasteiger partial charge in [0.05, 0.1) is 11.0 Å². The van der Waals surface area contributed by atoms with E-state index in [4.69, 9.17) is 33.3 Å². The number of aromatic amines is 1. The smallest absolute Gasteiger partial charge is 0.386 e. The zero-order valence-electron chi connectivity index (χ0n) is 13.1. The van der Waals surface area contributed by atoms with E-state index in [0.717, 1.165) is 0 Å². The van der Waals surface area contributed by atoms with Crippen molar-refractivity contribution in [2.75, 3.05) is 0 Å². The van der Waals surface area contributed by atoms with Crippen LogP contribution < -0.4 is 11.2 Å². The SMILES string of the molecule is [B]C([B])(OP(=O)(O)O)[C@@]1(F)O[C@@]([B])(n2cc(C=O)c(=O)[nH]c2=O)[C@H](O)[C@@H]1O. The van der Waals surface area contributed by atoms with Crippen LogP contribution >= 0.6 is 7.82 Å². The Bertz CT molecular complexity index is 933. The van der Waals surface area contributed by atoms with Crippen molar-refractivity contribution in [3.05, 3.63) is 32.6 Å². The zero-order valence-corrected chi connectivity index (χ0v) is 13.9. The number of nitrogens with one attached hydrogen (secondary N) is 1. The number of ether oxygens (including phenoxy) is 1. The Morgan fingerprint density at radius 3 is 2.41 bits per heavy atom. The summed E-state index contributed by atoms with van der Waals surface area (Å²) in [5, 5.41) is 16.4. The van der Waals surface area contributed by atoms with E-state index >= 15 is 4.39 Å². The second-order valence-corrected chi connectivity index (χ2v) is 6.76. The number of H-pyrrole nitrogens is 1. The molecule has 17 heteroatoms. The van der Waals surface area contributed by atoms with Crippen molar-refractivity contribution >= 4 is 37.6 Å². The average Bonchev–Trinajstić information content (AvgIpc) is 2.68. The molecule has 1 fully saturated rings. The molecule has 0 bridgehead atoms. The molecule has 0 aliphatic carbocycles. The molecule has 0 amide bonds. The molecule has 0 spiro atoms. The van der Waals surface area contributed by atoms with Crippen LogP contribution in [0.4, 0.5) is 4.39 Å². The number of phosphoric ester groups is 1. The van der Waals surface area contributed by atoms with Gasteiger partial charge in [-0.2, -0.15) is 0 Å². The first-order valence-electron chi connectivity index (χ1n) is 6.79. The Labute approximate surface area is 152 Å². The van der Waals surface area contributed by atoms with E-state index < -0.39 is 53.7 Å². The van der Waals surface area contributed by atoms with Gasteiger partial charge in [0.1, 0.15) is 41.4 Å². The Kier molecular flexibility index (Phi) is 5.25. The summed E-state index contributed by atoms with van der Waals surface area (Å²) in [4.78, 5) is 53.4. The molecule has 0 unspecified atom stereocenters. The third-order valence-electron chi connectivity index (χ3n) is 3.69. The third kappa shape index (κ3) is 3.49. The lowest BCUT2D eigenvalue weighted by Crippen LogP contribution is -2.60. The standard InChI is InChI=1S/C10H9B3FN2O10P/c11-9(16-1-3(2-17)6(20)15-7(16)21)5(19)4(18)8(14,25-9)10(12,13)26-27(22,23)24/h1-2,4-5,18-19H,(H,15,20,21)(H2,22,23,24)/t4-,5+,8-,9-/m0/s1. The number of hydrogen-bond donors (Lipinski definition) is 5. The summed E-state index contributed by atoms with van der Waals surface area (Å²) >= 11 is 0. The van der Waals surface area contributed by atoms with Crippen LogP contribution in [0.1, 0.15) is 10.4 Å². The van der Waals surface area contributed by atoms with Crippen molar-refractivity contribution < 1.29 is 43.0 Å². The number of rotatable bonds is 5. The Morgan fingerprint density at radius 1 is 1.37 bits per heavy atom. The molecular formula is C10H9B3FN2O10P. The van der Waals surface area contributed by atoms with Gasteiger partial charge in [-0.3, -0.25) is 23.7 Å². The largest absolute Gasteiger partial charge is 0.468 e. The minimum Gasteiger partial charge on any atom is -0.386 e. The van der Waals surface area contributed by atoms with Crippen molar-refractivity contribution in [3.63, 3.8) is 0 Å². The number of aromatic nitrogens is 2. The van der Waals surface area contributed by atoms with Gasteiger partial charge in [0, 0.05) is 6.20 Å². The molecular weight excluding hydrogens is 391 g/mol. The van der Waals surface area contributed by atoms with Crippen LogP contribution in [-0.4, -0.2) is 82.8 Å². The van der Waals surface area contributed by atoms with E-state index in [1.807, 2.05) is 0 Å². The highest BCUT2D eigenvalue weighted by atomic mass is 31.2. The number of aliphatic hydroxyl groups is 2.